The van der Waals surface area contributed by atoms with Crippen molar-refractivity contribution in [2.45, 2.75) is 58.5 Å². The number of carboxylic acid groups (broad SMARTS) is 1. The molecule has 0 spiro atoms. The number of carboxylic acids is 1. The van der Waals surface area contributed by atoms with Crippen LogP contribution in [0.3, 0.4) is 0 Å². The lowest BCUT2D eigenvalue weighted by atomic mass is 10.2. The molecule has 1 aliphatic rings. The molecular formula is C13H24N2O3. The predicted octanol–water partition coefficient (Wildman–Crippen LogP) is 2.17. The Hall–Kier alpha value is -1.26. The number of rotatable bonds is 7. The van der Waals surface area contributed by atoms with Gasteiger partial charge in [-0.05, 0) is 33.1 Å². The van der Waals surface area contributed by atoms with Gasteiger partial charge in [-0.25, -0.2) is 4.79 Å². The Balaban J connectivity index is 2.66. The maximum atomic E-state index is 12.4. The maximum absolute atomic E-state index is 12.4. The van der Waals surface area contributed by atoms with E-state index in [2.05, 4.69) is 6.92 Å². The lowest BCUT2D eigenvalue weighted by Crippen LogP contribution is -2.48. The SMILES string of the molecule is CCCN(C(=O)N(CC)C(C)CC(=O)O)C1CC1. The van der Waals surface area contributed by atoms with Gasteiger partial charge in [0.1, 0.15) is 0 Å². The summed E-state index contributed by atoms with van der Waals surface area (Å²) < 4.78 is 0. The summed E-state index contributed by atoms with van der Waals surface area (Å²) in [5.74, 6) is -0.859. The van der Waals surface area contributed by atoms with E-state index in [1.54, 1.807) is 11.8 Å². The number of carbonyl (C=O) groups excluding carboxylic acids is 1. The number of amides is 2. The number of hydrogen-bond donors (Lipinski definition) is 1. The Kier molecular flexibility index (Phi) is 5.44. The van der Waals surface area contributed by atoms with E-state index in [9.17, 15) is 9.59 Å². The minimum absolute atomic E-state index is 0.00407. The van der Waals surface area contributed by atoms with Gasteiger partial charge in [-0.3, -0.25) is 4.79 Å². The molecule has 5 heteroatoms. The van der Waals surface area contributed by atoms with Crippen LogP contribution in [-0.4, -0.2) is 52.1 Å². The van der Waals surface area contributed by atoms with Crippen molar-refractivity contribution in [2.24, 2.45) is 0 Å². The molecule has 0 aromatic rings. The van der Waals surface area contributed by atoms with Crippen LogP contribution < -0.4 is 0 Å². The molecule has 0 bridgehead atoms. The molecule has 18 heavy (non-hydrogen) atoms. The fourth-order valence-corrected chi connectivity index (χ4v) is 2.22. The molecule has 1 rings (SSSR count). The highest BCUT2D eigenvalue weighted by Gasteiger charge is 2.35. The van der Waals surface area contributed by atoms with E-state index in [4.69, 9.17) is 5.11 Å². The van der Waals surface area contributed by atoms with E-state index in [0.717, 1.165) is 25.8 Å². The predicted molar refractivity (Wildman–Crippen MR) is 69.5 cm³/mol. The highest BCUT2D eigenvalue weighted by Crippen LogP contribution is 2.28. The monoisotopic (exact) mass is 256 g/mol. The molecule has 0 aliphatic heterocycles. The zero-order valence-electron chi connectivity index (χ0n) is 11.6. The lowest BCUT2D eigenvalue weighted by molar-refractivity contribution is -0.138. The summed E-state index contributed by atoms with van der Waals surface area (Å²) in [6.07, 6.45) is 3.10. The average Bonchev–Trinajstić information content (AvgIpc) is 3.09. The molecule has 0 aromatic carbocycles. The fourth-order valence-electron chi connectivity index (χ4n) is 2.22. The molecule has 1 aliphatic carbocycles. The van der Waals surface area contributed by atoms with Gasteiger partial charge in [0.2, 0.25) is 0 Å². The first kappa shape index (κ1) is 14.8. The molecule has 1 N–H and O–H groups in total. The Morgan fingerprint density at radius 2 is 1.94 bits per heavy atom. The number of hydrogen-bond acceptors (Lipinski definition) is 2. The minimum Gasteiger partial charge on any atom is -0.481 e. The van der Waals surface area contributed by atoms with Crippen molar-refractivity contribution < 1.29 is 14.7 Å². The molecule has 1 fully saturated rings. The van der Waals surface area contributed by atoms with Crippen molar-refractivity contribution in [3.8, 4) is 0 Å². The van der Waals surface area contributed by atoms with Crippen molar-refractivity contribution in [3.63, 3.8) is 0 Å². The standard InChI is InChI=1S/C13H24N2O3/c1-4-8-15(11-6-7-11)13(18)14(5-2)10(3)9-12(16)17/h10-11H,4-9H2,1-3H3,(H,16,17). The van der Waals surface area contributed by atoms with Crippen LogP contribution in [0.15, 0.2) is 0 Å². The number of nitrogens with zero attached hydrogens (tertiary/aromatic N) is 2. The average molecular weight is 256 g/mol. The van der Waals surface area contributed by atoms with Gasteiger partial charge in [-0.1, -0.05) is 6.92 Å². The first-order valence-electron chi connectivity index (χ1n) is 6.80. The molecule has 104 valence electrons. The van der Waals surface area contributed by atoms with Crippen LogP contribution in [0.1, 0.15) is 46.5 Å². The van der Waals surface area contributed by atoms with Gasteiger partial charge in [-0.2, -0.15) is 0 Å². The second kappa shape index (κ2) is 6.61. The van der Waals surface area contributed by atoms with Crippen molar-refractivity contribution in [1.82, 2.24) is 9.80 Å². The Morgan fingerprint density at radius 1 is 1.33 bits per heavy atom. The second-order valence-electron chi connectivity index (χ2n) is 4.94. The highest BCUT2D eigenvalue weighted by atomic mass is 16.4. The third-order valence-electron chi connectivity index (χ3n) is 3.29. The highest BCUT2D eigenvalue weighted by molar-refractivity contribution is 5.76. The summed E-state index contributed by atoms with van der Waals surface area (Å²) >= 11 is 0. The molecular weight excluding hydrogens is 232 g/mol. The number of carbonyl (C=O) groups is 2. The molecule has 0 saturated heterocycles. The zero-order chi connectivity index (χ0) is 13.7. The van der Waals surface area contributed by atoms with Crippen LogP contribution in [0, 0.1) is 0 Å². The first-order chi connectivity index (χ1) is 8.51. The van der Waals surface area contributed by atoms with E-state index in [-0.39, 0.29) is 18.5 Å². The molecule has 0 heterocycles. The number of aliphatic carboxylic acids is 1. The van der Waals surface area contributed by atoms with Crippen LogP contribution in [0.2, 0.25) is 0 Å². The van der Waals surface area contributed by atoms with Crippen molar-refractivity contribution in [3.05, 3.63) is 0 Å². The van der Waals surface area contributed by atoms with Gasteiger partial charge in [0.05, 0.1) is 6.42 Å². The van der Waals surface area contributed by atoms with Gasteiger partial charge in [0, 0.05) is 25.2 Å². The molecule has 0 radical (unpaired) electrons. The van der Waals surface area contributed by atoms with E-state index in [1.165, 1.54) is 0 Å². The second-order valence-corrected chi connectivity index (χ2v) is 4.94. The molecule has 0 aromatic heterocycles. The topological polar surface area (TPSA) is 60.9 Å². The van der Waals surface area contributed by atoms with Crippen molar-refractivity contribution >= 4 is 12.0 Å². The molecule has 1 atom stereocenters. The quantitative estimate of drug-likeness (QED) is 0.759. The number of urea groups is 1. The van der Waals surface area contributed by atoms with Crippen LogP contribution in [0.25, 0.3) is 0 Å². The van der Waals surface area contributed by atoms with E-state index >= 15 is 0 Å². The van der Waals surface area contributed by atoms with Gasteiger partial charge in [-0.15, -0.1) is 0 Å². The van der Waals surface area contributed by atoms with Gasteiger partial charge < -0.3 is 14.9 Å². The van der Waals surface area contributed by atoms with E-state index in [1.807, 2.05) is 11.8 Å². The normalized spacial score (nSPS) is 16.2. The van der Waals surface area contributed by atoms with Crippen molar-refractivity contribution in [1.29, 1.82) is 0 Å². The molecule has 1 unspecified atom stereocenters. The third-order valence-corrected chi connectivity index (χ3v) is 3.29. The van der Waals surface area contributed by atoms with Crippen LogP contribution in [0.4, 0.5) is 4.79 Å². The summed E-state index contributed by atoms with van der Waals surface area (Å²) in [5.41, 5.74) is 0. The zero-order valence-corrected chi connectivity index (χ0v) is 11.6. The molecule has 5 nitrogen and oxygen atoms in total. The van der Waals surface area contributed by atoms with Gasteiger partial charge in [0.15, 0.2) is 0 Å². The molecule has 2 amide bonds. The summed E-state index contributed by atoms with van der Waals surface area (Å²) in [6, 6.07) is 0.122. The van der Waals surface area contributed by atoms with Crippen molar-refractivity contribution in [2.75, 3.05) is 13.1 Å². The summed E-state index contributed by atoms with van der Waals surface area (Å²) in [6.45, 7) is 7.07. The Bertz CT molecular complexity index is 303. The Labute approximate surface area is 109 Å². The summed E-state index contributed by atoms with van der Waals surface area (Å²) in [5, 5.41) is 8.82. The van der Waals surface area contributed by atoms with Crippen LogP contribution in [0.5, 0.6) is 0 Å². The van der Waals surface area contributed by atoms with Crippen LogP contribution in [-0.2, 0) is 4.79 Å². The van der Waals surface area contributed by atoms with E-state index < -0.39 is 5.97 Å². The third kappa shape index (κ3) is 3.89. The fraction of sp³-hybridized carbons (Fsp3) is 0.846. The maximum Gasteiger partial charge on any atom is 0.320 e. The van der Waals surface area contributed by atoms with Gasteiger partial charge in [0.25, 0.3) is 0 Å². The molecule has 1 saturated carbocycles. The van der Waals surface area contributed by atoms with E-state index in [0.29, 0.717) is 12.6 Å². The largest absolute Gasteiger partial charge is 0.481 e. The van der Waals surface area contributed by atoms with Gasteiger partial charge >= 0.3 is 12.0 Å². The lowest BCUT2D eigenvalue weighted by Gasteiger charge is -2.33. The summed E-state index contributed by atoms with van der Waals surface area (Å²) in [4.78, 5) is 26.7. The minimum atomic E-state index is -0.859. The first-order valence-corrected chi connectivity index (χ1v) is 6.80. The Morgan fingerprint density at radius 3 is 2.33 bits per heavy atom. The smallest absolute Gasteiger partial charge is 0.320 e. The van der Waals surface area contributed by atoms with Crippen LogP contribution >= 0.6 is 0 Å². The summed E-state index contributed by atoms with van der Waals surface area (Å²) in [7, 11) is 0.